The summed E-state index contributed by atoms with van der Waals surface area (Å²) in [5.41, 5.74) is 3.32. The lowest BCUT2D eigenvalue weighted by Gasteiger charge is -2.11. The molecule has 0 aromatic heterocycles. The maximum absolute atomic E-state index is 13.1. The molecule has 3 aromatic carbocycles. The second kappa shape index (κ2) is 9.80. The maximum Gasteiger partial charge on any atom is 0.273 e. The monoisotopic (exact) mass is 454 g/mol. The van der Waals surface area contributed by atoms with E-state index in [2.05, 4.69) is 15.8 Å². The Labute approximate surface area is 186 Å². The molecule has 0 saturated heterocycles. The molecule has 0 aliphatic rings. The number of non-ortho nitro benzene ring substituents is 1. The molecule has 162 valence electrons. The van der Waals surface area contributed by atoms with Crippen LogP contribution >= 0.6 is 11.6 Å². The fraction of sp³-hybridized carbons (Fsp3) is 0.0455. The standard InChI is InChI=1S/C22H16ClFN4O4/c1-13(14-6-8-15(24)9-7-14)26-27-22(30)17-4-2-3-5-20(17)25-21(29)18-12-16(28(31)32)10-11-19(18)23/h2-12H,1H3,(H,25,29)(H,27,30)/b26-13-. The smallest absolute Gasteiger partial charge is 0.273 e. The van der Waals surface area contributed by atoms with Crippen molar-refractivity contribution in [3.8, 4) is 0 Å². The predicted molar refractivity (Wildman–Crippen MR) is 119 cm³/mol. The van der Waals surface area contributed by atoms with Crippen LogP contribution in [0.15, 0.2) is 71.8 Å². The van der Waals surface area contributed by atoms with Gasteiger partial charge in [-0.15, -0.1) is 0 Å². The first-order chi connectivity index (χ1) is 15.3. The van der Waals surface area contributed by atoms with E-state index in [-0.39, 0.29) is 33.3 Å². The number of carbonyl (C=O) groups excluding carboxylic acids is 2. The Morgan fingerprint density at radius 3 is 2.38 bits per heavy atom. The van der Waals surface area contributed by atoms with Crippen molar-refractivity contribution in [2.24, 2.45) is 5.10 Å². The van der Waals surface area contributed by atoms with Crippen LogP contribution in [0.2, 0.25) is 5.02 Å². The second-order valence-corrected chi connectivity index (χ2v) is 6.97. The van der Waals surface area contributed by atoms with Gasteiger partial charge in [-0.05, 0) is 42.8 Å². The molecule has 0 aliphatic carbocycles. The Morgan fingerprint density at radius 2 is 1.69 bits per heavy atom. The molecule has 3 aromatic rings. The largest absolute Gasteiger partial charge is 0.321 e. The third-order valence-corrected chi connectivity index (χ3v) is 4.74. The highest BCUT2D eigenvalue weighted by atomic mass is 35.5. The number of carbonyl (C=O) groups is 2. The van der Waals surface area contributed by atoms with Crippen LogP contribution in [0.4, 0.5) is 15.8 Å². The molecule has 32 heavy (non-hydrogen) atoms. The van der Waals surface area contributed by atoms with Crippen molar-refractivity contribution in [2.75, 3.05) is 5.32 Å². The van der Waals surface area contributed by atoms with Gasteiger partial charge >= 0.3 is 0 Å². The van der Waals surface area contributed by atoms with Gasteiger partial charge in [0.05, 0.1) is 32.5 Å². The summed E-state index contributed by atoms with van der Waals surface area (Å²) in [4.78, 5) is 35.6. The topological polar surface area (TPSA) is 114 Å². The molecule has 3 rings (SSSR count). The predicted octanol–water partition coefficient (Wildman–Crippen LogP) is 4.79. The molecule has 0 bridgehead atoms. The van der Waals surface area contributed by atoms with Crippen molar-refractivity contribution < 1.29 is 18.9 Å². The van der Waals surface area contributed by atoms with Gasteiger partial charge in [0, 0.05) is 12.1 Å². The summed E-state index contributed by atoms with van der Waals surface area (Å²) < 4.78 is 13.1. The Morgan fingerprint density at radius 1 is 1.00 bits per heavy atom. The van der Waals surface area contributed by atoms with Crippen LogP contribution in [-0.4, -0.2) is 22.4 Å². The average Bonchev–Trinajstić information content (AvgIpc) is 2.78. The Bertz CT molecular complexity index is 1230. The number of halogens is 2. The van der Waals surface area contributed by atoms with Crippen molar-refractivity contribution in [1.82, 2.24) is 5.43 Å². The number of hydrogen-bond acceptors (Lipinski definition) is 5. The Balaban J connectivity index is 1.80. The lowest BCUT2D eigenvalue weighted by Crippen LogP contribution is -2.22. The summed E-state index contributed by atoms with van der Waals surface area (Å²) in [6, 6.07) is 15.3. The van der Waals surface area contributed by atoms with Crippen LogP contribution in [0.3, 0.4) is 0 Å². The number of nitro benzene ring substituents is 1. The van der Waals surface area contributed by atoms with Crippen molar-refractivity contribution in [3.63, 3.8) is 0 Å². The van der Waals surface area contributed by atoms with Gasteiger partial charge in [0.25, 0.3) is 17.5 Å². The first-order valence-corrected chi connectivity index (χ1v) is 9.59. The molecule has 0 fully saturated rings. The summed E-state index contributed by atoms with van der Waals surface area (Å²) in [5, 5.41) is 17.6. The number of rotatable bonds is 6. The van der Waals surface area contributed by atoms with Crippen molar-refractivity contribution in [3.05, 3.63) is 104 Å². The minimum Gasteiger partial charge on any atom is -0.321 e. The highest BCUT2D eigenvalue weighted by Gasteiger charge is 2.18. The van der Waals surface area contributed by atoms with E-state index in [1.54, 1.807) is 19.1 Å². The molecule has 0 atom stereocenters. The molecule has 0 radical (unpaired) electrons. The SMILES string of the molecule is C/C(=N/NC(=O)c1ccccc1NC(=O)c1cc([N+](=O)[O-])ccc1Cl)c1ccc(F)cc1. The number of amides is 2. The molecular formula is C22H16ClFN4O4. The van der Waals surface area contributed by atoms with Gasteiger partial charge in [-0.2, -0.15) is 5.10 Å². The number of hydrogen-bond donors (Lipinski definition) is 2. The van der Waals surface area contributed by atoms with E-state index in [0.29, 0.717) is 11.3 Å². The van der Waals surface area contributed by atoms with Crippen LogP contribution < -0.4 is 10.7 Å². The summed E-state index contributed by atoms with van der Waals surface area (Å²) in [5.74, 6) is -1.71. The lowest BCUT2D eigenvalue weighted by molar-refractivity contribution is -0.384. The third kappa shape index (κ3) is 5.32. The van der Waals surface area contributed by atoms with E-state index >= 15 is 0 Å². The lowest BCUT2D eigenvalue weighted by atomic mass is 10.1. The summed E-state index contributed by atoms with van der Waals surface area (Å²) in [6.45, 7) is 1.64. The molecule has 2 N–H and O–H groups in total. The number of nitrogens with one attached hydrogen (secondary N) is 2. The van der Waals surface area contributed by atoms with E-state index in [0.717, 1.165) is 6.07 Å². The van der Waals surface area contributed by atoms with Crippen molar-refractivity contribution in [2.45, 2.75) is 6.92 Å². The zero-order valence-electron chi connectivity index (χ0n) is 16.6. The summed E-state index contributed by atoms with van der Waals surface area (Å²) >= 11 is 6.01. The van der Waals surface area contributed by atoms with Crippen LogP contribution in [0.5, 0.6) is 0 Å². The van der Waals surface area contributed by atoms with Gasteiger partial charge in [0.1, 0.15) is 5.82 Å². The normalized spacial score (nSPS) is 11.0. The molecule has 0 heterocycles. The van der Waals surface area contributed by atoms with Crippen molar-refractivity contribution >= 4 is 40.5 Å². The van der Waals surface area contributed by atoms with Gasteiger partial charge in [0.2, 0.25) is 0 Å². The first kappa shape index (κ1) is 22.6. The number of hydrazone groups is 1. The average molecular weight is 455 g/mol. The van der Waals surface area contributed by atoms with Gasteiger partial charge in [0.15, 0.2) is 0 Å². The van der Waals surface area contributed by atoms with Gasteiger partial charge in [-0.1, -0.05) is 35.9 Å². The Kier molecular flexibility index (Phi) is 6.91. The minimum absolute atomic E-state index is 0.0227. The van der Waals surface area contributed by atoms with Crippen LogP contribution in [-0.2, 0) is 0 Å². The summed E-state index contributed by atoms with van der Waals surface area (Å²) in [6.07, 6.45) is 0. The number of anilines is 1. The third-order valence-electron chi connectivity index (χ3n) is 4.41. The second-order valence-electron chi connectivity index (χ2n) is 6.57. The molecule has 0 aliphatic heterocycles. The Hall–Kier alpha value is -4.11. The van der Waals surface area contributed by atoms with E-state index in [1.165, 1.54) is 48.5 Å². The van der Waals surface area contributed by atoms with Crippen LogP contribution in [0, 0.1) is 15.9 Å². The molecule has 8 nitrogen and oxygen atoms in total. The molecule has 0 unspecified atom stereocenters. The van der Waals surface area contributed by atoms with E-state index in [4.69, 9.17) is 11.6 Å². The zero-order chi connectivity index (χ0) is 23.3. The van der Waals surface area contributed by atoms with E-state index in [1.807, 2.05) is 0 Å². The minimum atomic E-state index is -0.718. The first-order valence-electron chi connectivity index (χ1n) is 9.21. The van der Waals surface area contributed by atoms with Crippen LogP contribution in [0.1, 0.15) is 33.2 Å². The molecular weight excluding hydrogens is 439 g/mol. The van der Waals surface area contributed by atoms with Gasteiger partial charge < -0.3 is 5.32 Å². The number of para-hydroxylation sites is 1. The highest BCUT2D eigenvalue weighted by Crippen LogP contribution is 2.24. The molecule has 0 spiro atoms. The quantitative estimate of drug-likeness (QED) is 0.316. The van der Waals surface area contributed by atoms with Gasteiger partial charge in [-0.3, -0.25) is 19.7 Å². The van der Waals surface area contributed by atoms with Crippen molar-refractivity contribution in [1.29, 1.82) is 0 Å². The molecule has 2 amide bonds. The maximum atomic E-state index is 13.1. The highest BCUT2D eigenvalue weighted by molar-refractivity contribution is 6.34. The van der Waals surface area contributed by atoms with E-state index in [9.17, 15) is 24.1 Å². The van der Waals surface area contributed by atoms with Gasteiger partial charge in [-0.25, -0.2) is 9.82 Å². The fourth-order valence-corrected chi connectivity index (χ4v) is 2.93. The van der Waals surface area contributed by atoms with E-state index < -0.39 is 16.7 Å². The number of nitro groups is 1. The molecule has 10 heteroatoms. The number of benzene rings is 3. The molecule has 0 saturated carbocycles. The number of nitrogens with zero attached hydrogens (tertiary/aromatic N) is 2. The fourth-order valence-electron chi connectivity index (χ4n) is 2.73. The zero-order valence-corrected chi connectivity index (χ0v) is 17.4. The summed E-state index contributed by atoms with van der Waals surface area (Å²) in [7, 11) is 0. The van der Waals surface area contributed by atoms with Crippen LogP contribution in [0.25, 0.3) is 0 Å².